The monoisotopic (exact) mass is 159 g/mol. The quantitative estimate of drug-likeness (QED) is 0.477. The van der Waals surface area contributed by atoms with Gasteiger partial charge in [0.25, 0.3) is 0 Å². The Morgan fingerprint density at radius 3 is 2.36 bits per heavy atom. The van der Waals surface area contributed by atoms with Crippen molar-refractivity contribution in [2.24, 2.45) is 0 Å². The first kappa shape index (κ1) is 8.02. The molecule has 1 aliphatic carbocycles. The molecule has 0 bridgehead atoms. The van der Waals surface area contributed by atoms with Crippen LogP contribution in [0.15, 0.2) is 29.4 Å². The summed E-state index contributed by atoms with van der Waals surface area (Å²) in [7, 11) is 0. The molecule has 0 fully saturated rings. The highest BCUT2D eigenvalue weighted by Gasteiger charge is 2.42. The third-order valence-electron chi connectivity index (χ3n) is 1.37. The molecule has 11 heavy (non-hydrogen) atoms. The fourth-order valence-corrected chi connectivity index (χ4v) is 0.868. The van der Waals surface area contributed by atoms with Gasteiger partial charge in [0.1, 0.15) is 0 Å². The number of rotatable bonds is 0. The Kier molecular flexibility index (Phi) is 1.83. The molecule has 1 aliphatic rings. The zero-order valence-electron chi connectivity index (χ0n) is 5.65. The van der Waals surface area contributed by atoms with E-state index >= 15 is 0 Å². The van der Waals surface area contributed by atoms with Crippen LogP contribution in [0, 0.1) is 6.58 Å². The Morgan fingerprint density at radius 1 is 1.36 bits per heavy atom. The van der Waals surface area contributed by atoms with Crippen LogP contribution in [0.3, 0.4) is 0 Å². The summed E-state index contributed by atoms with van der Waals surface area (Å²) < 4.78 is 36.0. The highest BCUT2D eigenvalue weighted by Crippen LogP contribution is 2.32. The molecule has 0 aromatic rings. The van der Waals surface area contributed by atoms with Gasteiger partial charge in [-0.2, -0.15) is 13.2 Å². The van der Waals surface area contributed by atoms with Gasteiger partial charge in [-0.15, -0.1) is 0 Å². The Balaban J connectivity index is 2.89. The topological polar surface area (TPSA) is 0 Å². The Hall–Kier alpha value is -1.08. The summed E-state index contributed by atoms with van der Waals surface area (Å²) in [6.07, 6.45) is -0.0624. The van der Waals surface area contributed by atoms with Crippen molar-refractivity contribution in [2.75, 3.05) is 0 Å². The molecule has 0 spiro atoms. The number of hydrogen-bond donors (Lipinski definition) is 0. The summed E-state index contributed by atoms with van der Waals surface area (Å²) in [6, 6.07) is 0. The van der Waals surface area contributed by atoms with Gasteiger partial charge in [-0.1, -0.05) is 0 Å². The Morgan fingerprint density at radius 2 is 2.00 bits per heavy atom. The maximum atomic E-state index is 12.0. The molecule has 0 aromatic heterocycles. The van der Waals surface area contributed by atoms with Gasteiger partial charge in [0.05, 0.1) is 6.08 Å². The lowest BCUT2D eigenvalue weighted by atomic mass is 10.0. The van der Waals surface area contributed by atoms with Crippen molar-refractivity contribution in [1.82, 2.24) is 0 Å². The fourth-order valence-electron chi connectivity index (χ4n) is 0.868. The molecule has 3 heteroatoms. The summed E-state index contributed by atoms with van der Waals surface area (Å²) in [5.74, 6) is 0. The predicted molar refractivity (Wildman–Crippen MR) is 35.7 cm³/mol. The summed E-state index contributed by atoms with van der Waals surface area (Å²) in [6.45, 7) is 5.11. The molecular weight excluding hydrogens is 153 g/mol. The molecule has 0 radical (unpaired) electrons. The van der Waals surface area contributed by atoms with Crippen molar-refractivity contribution in [2.45, 2.75) is 12.6 Å². The van der Waals surface area contributed by atoms with E-state index in [1.807, 2.05) is 0 Å². The second-order valence-electron chi connectivity index (χ2n) is 2.21. The number of alkyl halides is 3. The average molecular weight is 159 g/mol. The van der Waals surface area contributed by atoms with Gasteiger partial charge < -0.3 is 0 Å². The molecule has 0 atom stereocenters. The zero-order valence-corrected chi connectivity index (χ0v) is 5.65. The van der Waals surface area contributed by atoms with E-state index in [4.69, 9.17) is 6.58 Å². The SMILES string of the molecule is [CH+]=C1C=CCC=C1C(F)(F)F. The molecule has 0 nitrogen and oxygen atoms in total. The lowest BCUT2D eigenvalue weighted by Crippen LogP contribution is -2.13. The molecule has 0 amide bonds. The predicted octanol–water partition coefficient (Wildman–Crippen LogP) is 2.79. The summed E-state index contributed by atoms with van der Waals surface area (Å²) in [5.41, 5.74) is -0.927. The van der Waals surface area contributed by atoms with E-state index in [1.165, 1.54) is 6.08 Å². The van der Waals surface area contributed by atoms with Crippen LogP contribution >= 0.6 is 0 Å². The molecule has 0 aliphatic heterocycles. The first-order valence-corrected chi connectivity index (χ1v) is 3.08. The lowest BCUT2D eigenvalue weighted by molar-refractivity contribution is -0.0893. The molecule has 58 valence electrons. The van der Waals surface area contributed by atoms with Crippen molar-refractivity contribution in [1.29, 1.82) is 0 Å². The smallest absolute Gasteiger partial charge is 0.154 e. The minimum Gasteiger partial charge on any atom is -0.154 e. The van der Waals surface area contributed by atoms with E-state index < -0.39 is 11.7 Å². The Bertz CT molecular complexity index is 230. The van der Waals surface area contributed by atoms with Crippen LogP contribution in [0.4, 0.5) is 13.2 Å². The van der Waals surface area contributed by atoms with Gasteiger partial charge in [-0.05, 0) is 12.2 Å². The van der Waals surface area contributed by atoms with E-state index in [-0.39, 0.29) is 5.57 Å². The second kappa shape index (κ2) is 2.51. The van der Waals surface area contributed by atoms with E-state index in [0.29, 0.717) is 6.42 Å². The van der Waals surface area contributed by atoms with Gasteiger partial charge in [0.15, 0.2) is 11.1 Å². The Labute approximate surface area is 62.7 Å². The molecule has 0 heterocycles. The molecule has 1 rings (SSSR count). The number of allylic oxidation sites excluding steroid dienone is 5. The maximum Gasteiger partial charge on any atom is 0.468 e. The number of halogens is 3. The molecule has 0 aromatic carbocycles. The summed E-state index contributed by atoms with van der Waals surface area (Å²) in [4.78, 5) is 0. The van der Waals surface area contributed by atoms with Crippen molar-refractivity contribution in [3.8, 4) is 0 Å². The van der Waals surface area contributed by atoms with Gasteiger partial charge in [-0.3, -0.25) is 0 Å². The van der Waals surface area contributed by atoms with Crippen molar-refractivity contribution >= 4 is 0 Å². The molecule has 0 saturated carbocycles. The second-order valence-corrected chi connectivity index (χ2v) is 2.21. The van der Waals surface area contributed by atoms with Crippen LogP contribution in [0.25, 0.3) is 0 Å². The fraction of sp³-hybridized carbons (Fsp3) is 0.250. The highest BCUT2D eigenvalue weighted by molar-refractivity contribution is 5.42. The average Bonchev–Trinajstić information content (AvgIpc) is 1.86. The van der Waals surface area contributed by atoms with Crippen LogP contribution in [0.1, 0.15) is 6.42 Å². The van der Waals surface area contributed by atoms with Crippen molar-refractivity contribution in [3.63, 3.8) is 0 Å². The standard InChI is InChI=1S/C8H6F3/c1-6-4-2-3-5-7(6)8(9,10)11/h1-2,4-5H,3H2/q+1. The van der Waals surface area contributed by atoms with E-state index in [2.05, 4.69) is 0 Å². The minimum atomic E-state index is -4.31. The van der Waals surface area contributed by atoms with E-state index in [0.717, 1.165) is 6.08 Å². The highest BCUT2D eigenvalue weighted by atomic mass is 19.4. The molecule has 0 unspecified atom stereocenters. The first-order valence-electron chi connectivity index (χ1n) is 3.08. The third kappa shape index (κ3) is 1.69. The lowest BCUT2D eigenvalue weighted by Gasteiger charge is -2.05. The molecular formula is C8H6F3+. The van der Waals surface area contributed by atoms with Crippen molar-refractivity contribution in [3.05, 3.63) is 36.0 Å². The van der Waals surface area contributed by atoms with Crippen molar-refractivity contribution < 1.29 is 13.2 Å². The maximum absolute atomic E-state index is 12.0. The summed E-state index contributed by atoms with van der Waals surface area (Å²) >= 11 is 0. The molecule has 0 N–H and O–H groups in total. The minimum absolute atomic E-state index is 0.205. The largest absolute Gasteiger partial charge is 0.468 e. The van der Waals surface area contributed by atoms with Gasteiger partial charge in [0, 0.05) is 13.0 Å². The zero-order chi connectivity index (χ0) is 8.48. The van der Waals surface area contributed by atoms with E-state index in [9.17, 15) is 13.2 Å². The molecule has 0 saturated heterocycles. The third-order valence-corrected chi connectivity index (χ3v) is 1.37. The van der Waals surface area contributed by atoms with Gasteiger partial charge in [-0.25, -0.2) is 0 Å². The van der Waals surface area contributed by atoms with Crippen LogP contribution < -0.4 is 0 Å². The van der Waals surface area contributed by atoms with Gasteiger partial charge in [0.2, 0.25) is 0 Å². The van der Waals surface area contributed by atoms with Crippen LogP contribution in [0.2, 0.25) is 0 Å². The van der Waals surface area contributed by atoms with Crippen LogP contribution in [-0.2, 0) is 0 Å². The van der Waals surface area contributed by atoms with Gasteiger partial charge >= 0.3 is 6.18 Å². The normalized spacial score (nSPS) is 18.4. The van der Waals surface area contributed by atoms with E-state index in [1.54, 1.807) is 6.08 Å². The summed E-state index contributed by atoms with van der Waals surface area (Å²) in [5, 5.41) is 0. The first-order chi connectivity index (χ1) is 5.02. The van der Waals surface area contributed by atoms with Crippen LogP contribution in [0.5, 0.6) is 0 Å². The van der Waals surface area contributed by atoms with Crippen LogP contribution in [-0.4, -0.2) is 6.18 Å². The number of hydrogen-bond acceptors (Lipinski definition) is 0.